The van der Waals surface area contributed by atoms with Gasteiger partial charge in [0.1, 0.15) is 18.2 Å². The van der Waals surface area contributed by atoms with Crippen molar-refractivity contribution in [2.75, 3.05) is 18.5 Å². The molecule has 2 aromatic rings. The van der Waals surface area contributed by atoms with Crippen molar-refractivity contribution in [3.8, 4) is 0 Å². The van der Waals surface area contributed by atoms with Crippen LogP contribution in [0.4, 0.5) is 5.82 Å². The van der Waals surface area contributed by atoms with Crippen molar-refractivity contribution in [3.05, 3.63) is 30.6 Å². The highest BCUT2D eigenvalue weighted by atomic mass is 16.5. The summed E-state index contributed by atoms with van der Waals surface area (Å²) in [7, 11) is 0. The smallest absolute Gasteiger partial charge is 0.242 e. The van der Waals surface area contributed by atoms with Crippen LogP contribution in [0, 0.1) is 0 Å². The Hall–Kier alpha value is -2.21. The van der Waals surface area contributed by atoms with Crippen molar-refractivity contribution >= 4 is 22.6 Å². The zero-order valence-corrected chi connectivity index (χ0v) is 12.6. The van der Waals surface area contributed by atoms with E-state index in [9.17, 15) is 4.79 Å². The Balaban J connectivity index is 1.62. The summed E-state index contributed by atoms with van der Waals surface area (Å²) in [6.45, 7) is 3.18. The first-order valence-corrected chi connectivity index (χ1v) is 7.59. The molecule has 1 aromatic heterocycles. The molecule has 2 atom stereocenters. The summed E-state index contributed by atoms with van der Waals surface area (Å²) in [5.41, 5.74) is 0.854. The summed E-state index contributed by atoms with van der Waals surface area (Å²) >= 11 is 0. The number of fused-ring (bicyclic) bond motifs is 1. The van der Waals surface area contributed by atoms with Crippen LogP contribution >= 0.6 is 0 Å². The lowest BCUT2D eigenvalue weighted by atomic mass is 10.2. The molecule has 3 rings (SSSR count). The molecule has 0 radical (unpaired) electrons. The molecular weight excluding hydrogens is 280 g/mol. The number of rotatable bonds is 5. The number of nitrogens with one attached hydrogen (secondary N) is 2. The van der Waals surface area contributed by atoms with E-state index >= 15 is 0 Å². The topological polar surface area (TPSA) is 76.1 Å². The molecular formula is C16H20N4O2. The zero-order chi connectivity index (χ0) is 15.4. The van der Waals surface area contributed by atoms with Crippen molar-refractivity contribution in [1.82, 2.24) is 15.3 Å². The number of benzene rings is 1. The summed E-state index contributed by atoms with van der Waals surface area (Å²) in [4.78, 5) is 20.6. The van der Waals surface area contributed by atoms with E-state index in [0.29, 0.717) is 12.4 Å². The lowest BCUT2D eigenvalue weighted by molar-refractivity contribution is -0.122. The van der Waals surface area contributed by atoms with Crippen LogP contribution in [0.3, 0.4) is 0 Å². The van der Waals surface area contributed by atoms with Gasteiger partial charge in [-0.25, -0.2) is 9.97 Å². The quantitative estimate of drug-likeness (QED) is 0.879. The van der Waals surface area contributed by atoms with E-state index in [1.807, 2.05) is 31.2 Å². The van der Waals surface area contributed by atoms with Crippen molar-refractivity contribution in [2.24, 2.45) is 0 Å². The first-order valence-electron chi connectivity index (χ1n) is 7.59. The molecule has 1 saturated heterocycles. The monoisotopic (exact) mass is 300 g/mol. The number of amides is 1. The van der Waals surface area contributed by atoms with Crippen LogP contribution in [0.2, 0.25) is 0 Å². The minimum absolute atomic E-state index is 0.0572. The number of ether oxygens (including phenoxy) is 1. The number of aromatic nitrogens is 2. The second-order valence-corrected chi connectivity index (χ2v) is 5.49. The minimum atomic E-state index is -0.375. The first kappa shape index (κ1) is 14.7. The molecule has 1 fully saturated rings. The van der Waals surface area contributed by atoms with Gasteiger partial charge in [-0.3, -0.25) is 4.79 Å². The molecule has 2 N–H and O–H groups in total. The fourth-order valence-corrected chi connectivity index (χ4v) is 2.56. The van der Waals surface area contributed by atoms with Crippen LogP contribution in [0.1, 0.15) is 19.8 Å². The van der Waals surface area contributed by atoms with Gasteiger partial charge < -0.3 is 15.4 Å². The number of hydrogen-bond acceptors (Lipinski definition) is 5. The average molecular weight is 300 g/mol. The number of carbonyl (C=O) groups excluding carboxylic acids is 1. The normalized spacial score (nSPS) is 19.0. The number of hydrogen-bond donors (Lipinski definition) is 2. The molecule has 116 valence electrons. The third-order valence-corrected chi connectivity index (χ3v) is 3.82. The van der Waals surface area contributed by atoms with Gasteiger partial charge >= 0.3 is 0 Å². The molecule has 1 amide bonds. The first-order chi connectivity index (χ1) is 10.7. The molecule has 6 heteroatoms. The lowest BCUT2D eigenvalue weighted by Crippen LogP contribution is -2.41. The Morgan fingerprint density at radius 1 is 1.41 bits per heavy atom. The van der Waals surface area contributed by atoms with Gasteiger partial charge in [-0.1, -0.05) is 12.1 Å². The molecule has 0 aliphatic carbocycles. The van der Waals surface area contributed by atoms with Crippen LogP contribution in [-0.2, 0) is 9.53 Å². The number of carbonyl (C=O) groups is 1. The minimum Gasteiger partial charge on any atom is -0.376 e. The van der Waals surface area contributed by atoms with Crippen LogP contribution in [0.5, 0.6) is 0 Å². The van der Waals surface area contributed by atoms with Crippen molar-refractivity contribution in [1.29, 1.82) is 0 Å². The highest BCUT2D eigenvalue weighted by Gasteiger charge is 2.19. The molecule has 2 unspecified atom stereocenters. The molecule has 1 aromatic carbocycles. The number of nitrogens with zero attached hydrogens (tertiary/aromatic N) is 2. The van der Waals surface area contributed by atoms with E-state index < -0.39 is 0 Å². The van der Waals surface area contributed by atoms with Crippen LogP contribution in [0.25, 0.3) is 10.9 Å². The van der Waals surface area contributed by atoms with Gasteiger partial charge in [-0.05, 0) is 31.9 Å². The molecule has 6 nitrogen and oxygen atoms in total. The number of para-hydroxylation sites is 1. The Morgan fingerprint density at radius 2 is 2.27 bits per heavy atom. The van der Waals surface area contributed by atoms with E-state index in [4.69, 9.17) is 4.74 Å². The summed E-state index contributed by atoms with van der Waals surface area (Å²) in [6.07, 6.45) is 3.73. The predicted molar refractivity (Wildman–Crippen MR) is 84.6 cm³/mol. The van der Waals surface area contributed by atoms with Gasteiger partial charge in [-0.15, -0.1) is 0 Å². The standard InChI is InChI=1S/C16H20N4O2/c1-11(16(21)17-9-12-5-4-8-22-12)20-15-13-6-2-3-7-14(13)18-10-19-15/h2-3,6-7,10-12H,4-5,8-9H2,1H3,(H,17,21)(H,18,19,20). The molecule has 1 aliphatic heterocycles. The van der Waals surface area contributed by atoms with Crippen LogP contribution < -0.4 is 10.6 Å². The van der Waals surface area contributed by atoms with Gasteiger partial charge in [0.05, 0.1) is 11.6 Å². The fourth-order valence-electron chi connectivity index (χ4n) is 2.56. The molecule has 22 heavy (non-hydrogen) atoms. The summed E-state index contributed by atoms with van der Waals surface area (Å²) in [6, 6.07) is 7.34. The average Bonchev–Trinajstić information content (AvgIpc) is 3.06. The lowest BCUT2D eigenvalue weighted by Gasteiger charge is -2.17. The largest absolute Gasteiger partial charge is 0.376 e. The third-order valence-electron chi connectivity index (χ3n) is 3.82. The van der Waals surface area contributed by atoms with Gasteiger partial charge in [0.2, 0.25) is 5.91 Å². The maximum Gasteiger partial charge on any atom is 0.242 e. The SMILES string of the molecule is CC(Nc1ncnc2ccccc12)C(=O)NCC1CCCO1. The van der Waals surface area contributed by atoms with Gasteiger partial charge in [0, 0.05) is 18.5 Å². The van der Waals surface area contributed by atoms with Crippen LogP contribution in [-0.4, -0.2) is 41.2 Å². The zero-order valence-electron chi connectivity index (χ0n) is 12.6. The highest BCUT2D eigenvalue weighted by molar-refractivity contribution is 5.91. The van der Waals surface area contributed by atoms with Gasteiger partial charge in [0.25, 0.3) is 0 Å². The van der Waals surface area contributed by atoms with Crippen molar-refractivity contribution in [2.45, 2.75) is 31.9 Å². The van der Waals surface area contributed by atoms with Crippen molar-refractivity contribution < 1.29 is 9.53 Å². The summed E-state index contributed by atoms with van der Waals surface area (Å²) in [5.74, 6) is 0.614. The Labute approximate surface area is 129 Å². The maximum atomic E-state index is 12.2. The van der Waals surface area contributed by atoms with Gasteiger partial charge in [0.15, 0.2) is 0 Å². The van der Waals surface area contributed by atoms with Crippen molar-refractivity contribution in [3.63, 3.8) is 0 Å². The second kappa shape index (κ2) is 6.70. The molecule has 0 spiro atoms. The van der Waals surface area contributed by atoms with E-state index in [1.54, 1.807) is 0 Å². The predicted octanol–water partition coefficient (Wildman–Crippen LogP) is 1.73. The van der Waals surface area contributed by atoms with E-state index in [2.05, 4.69) is 20.6 Å². The molecule has 0 saturated carbocycles. The highest BCUT2D eigenvalue weighted by Crippen LogP contribution is 2.19. The maximum absolute atomic E-state index is 12.2. The summed E-state index contributed by atoms with van der Waals surface area (Å²) in [5, 5.41) is 6.99. The van der Waals surface area contributed by atoms with Crippen LogP contribution in [0.15, 0.2) is 30.6 Å². The third kappa shape index (κ3) is 3.33. The van der Waals surface area contributed by atoms with E-state index in [1.165, 1.54) is 6.33 Å². The molecule has 1 aliphatic rings. The second-order valence-electron chi connectivity index (χ2n) is 5.49. The van der Waals surface area contributed by atoms with Gasteiger partial charge in [-0.2, -0.15) is 0 Å². The Morgan fingerprint density at radius 3 is 3.09 bits per heavy atom. The molecule has 0 bridgehead atoms. The van der Waals surface area contributed by atoms with E-state index in [0.717, 1.165) is 30.4 Å². The fraction of sp³-hybridized carbons (Fsp3) is 0.438. The summed E-state index contributed by atoms with van der Waals surface area (Å²) < 4.78 is 5.50. The Kier molecular flexibility index (Phi) is 4.48. The van der Waals surface area contributed by atoms with E-state index in [-0.39, 0.29) is 18.1 Å². The molecule has 2 heterocycles. The number of anilines is 1. The Bertz CT molecular complexity index is 650.